The molecule has 0 unspecified atom stereocenters. The number of nitrogens with zero attached hydrogens (tertiary/aromatic N) is 2. The average Bonchev–Trinajstić information content (AvgIpc) is 2.95. The Labute approximate surface area is 169 Å². The third-order valence-corrected chi connectivity index (χ3v) is 4.89. The van der Waals surface area contributed by atoms with Crippen LogP contribution in [0.3, 0.4) is 0 Å². The maximum absolute atomic E-state index is 13.2. The smallest absolute Gasteiger partial charge is 0.278 e. The molecule has 0 radical (unpaired) electrons. The fourth-order valence-corrected chi connectivity index (χ4v) is 3.28. The molecule has 29 heavy (non-hydrogen) atoms. The molecule has 4 rings (SSSR count). The van der Waals surface area contributed by atoms with Crippen molar-refractivity contribution in [2.24, 2.45) is 0 Å². The first kappa shape index (κ1) is 18.6. The van der Waals surface area contributed by atoms with Gasteiger partial charge in [0.2, 0.25) is 0 Å². The van der Waals surface area contributed by atoms with Crippen molar-refractivity contribution in [3.63, 3.8) is 0 Å². The molecule has 0 atom stereocenters. The molecule has 2 amide bonds. The lowest BCUT2D eigenvalue weighted by molar-refractivity contribution is -0.137. The molecule has 144 valence electrons. The van der Waals surface area contributed by atoms with Crippen LogP contribution < -0.4 is 5.32 Å². The van der Waals surface area contributed by atoms with Crippen molar-refractivity contribution >= 4 is 23.1 Å². The zero-order valence-corrected chi connectivity index (χ0v) is 16.3. The Morgan fingerprint density at radius 3 is 2.14 bits per heavy atom. The number of imide groups is 1. The highest BCUT2D eigenvalue weighted by Crippen LogP contribution is 2.31. The van der Waals surface area contributed by atoms with Crippen LogP contribution >= 0.6 is 0 Å². The van der Waals surface area contributed by atoms with E-state index in [-0.39, 0.29) is 18.4 Å². The van der Waals surface area contributed by atoms with Crippen LogP contribution in [0.5, 0.6) is 0 Å². The molecule has 2 aromatic carbocycles. The van der Waals surface area contributed by atoms with Crippen molar-refractivity contribution in [3.05, 3.63) is 101 Å². The second-order valence-electron chi connectivity index (χ2n) is 7.16. The summed E-state index contributed by atoms with van der Waals surface area (Å²) in [5.41, 5.74) is 5.18. The van der Waals surface area contributed by atoms with Crippen molar-refractivity contribution in [1.82, 2.24) is 9.88 Å². The largest absolute Gasteiger partial charge is 0.350 e. The van der Waals surface area contributed by atoms with Gasteiger partial charge in [0, 0.05) is 18.1 Å². The van der Waals surface area contributed by atoms with Crippen LogP contribution in [0.25, 0.3) is 5.57 Å². The van der Waals surface area contributed by atoms with E-state index in [9.17, 15) is 9.59 Å². The lowest BCUT2D eigenvalue weighted by Crippen LogP contribution is -2.32. The van der Waals surface area contributed by atoms with Crippen molar-refractivity contribution in [3.8, 4) is 0 Å². The average molecular weight is 383 g/mol. The third kappa shape index (κ3) is 3.80. The molecule has 0 spiro atoms. The minimum absolute atomic E-state index is 0.181. The number of carbonyl (C=O) groups is 2. The van der Waals surface area contributed by atoms with Gasteiger partial charge >= 0.3 is 0 Å². The standard InChI is InChI=1S/C24H21N3O2/c1-16-5-9-19(10-6-16)21-22(26-20-11-7-17(2)8-12-20)24(29)27(23(21)28)15-18-4-3-13-25-14-18/h3-14,26H,15H2,1-2H3. The molecular weight excluding hydrogens is 362 g/mol. The highest BCUT2D eigenvalue weighted by Gasteiger charge is 2.39. The van der Waals surface area contributed by atoms with Gasteiger partial charge < -0.3 is 5.32 Å². The van der Waals surface area contributed by atoms with Gasteiger partial charge in [-0.15, -0.1) is 0 Å². The summed E-state index contributed by atoms with van der Waals surface area (Å²) in [6.07, 6.45) is 3.33. The fraction of sp³-hybridized carbons (Fsp3) is 0.125. The maximum Gasteiger partial charge on any atom is 0.278 e. The van der Waals surface area contributed by atoms with E-state index in [0.717, 1.165) is 27.9 Å². The van der Waals surface area contributed by atoms with Crippen LogP contribution in [0.4, 0.5) is 5.69 Å². The first-order valence-electron chi connectivity index (χ1n) is 9.43. The Morgan fingerprint density at radius 1 is 0.862 bits per heavy atom. The molecule has 0 saturated heterocycles. The minimum Gasteiger partial charge on any atom is -0.350 e. The molecule has 2 heterocycles. The molecular formula is C24H21N3O2. The normalized spacial score (nSPS) is 13.9. The summed E-state index contributed by atoms with van der Waals surface area (Å²) in [5.74, 6) is -0.646. The van der Waals surface area contributed by atoms with Crippen LogP contribution in [0, 0.1) is 13.8 Å². The summed E-state index contributed by atoms with van der Waals surface area (Å²) in [6, 6.07) is 19.0. The second-order valence-corrected chi connectivity index (χ2v) is 7.16. The molecule has 1 aliphatic heterocycles. The number of hydrogen-bond donors (Lipinski definition) is 1. The van der Waals surface area contributed by atoms with E-state index in [4.69, 9.17) is 0 Å². The zero-order chi connectivity index (χ0) is 20.4. The Hall–Kier alpha value is -3.73. The van der Waals surface area contributed by atoms with Crippen LogP contribution in [0.2, 0.25) is 0 Å². The Kier molecular flexibility index (Phi) is 4.96. The molecule has 1 aliphatic rings. The quantitative estimate of drug-likeness (QED) is 0.674. The van der Waals surface area contributed by atoms with Gasteiger partial charge in [0.15, 0.2) is 0 Å². The number of aromatic nitrogens is 1. The second kappa shape index (κ2) is 7.72. The SMILES string of the molecule is Cc1ccc(NC2=C(c3ccc(C)cc3)C(=O)N(Cc3cccnc3)C2=O)cc1. The first-order chi connectivity index (χ1) is 14.0. The summed E-state index contributed by atoms with van der Waals surface area (Å²) in [5, 5.41) is 3.18. The summed E-state index contributed by atoms with van der Waals surface area (Å²) in [7, 11) is 0. The summed E-state index contributed by atoms with van der Waals surface area (Å²) < 4.78 is 0. The van der Waals surface area contributed by atoms with Crippen molar-refractivity contribution in [2.75, 3.05) is 5.32 Å². The van der Waals surface area contributed by atoms with Crippen molar-refractivity contribution in [2.45, 2.75) is 20.4 Å². The number of aryl methyl sites for hydroxylation is 2. The van der Waals surface area contributed by atoms with Gasteiger partial charge in [0.1, 0.15) is 5.70 Å². The van der Waals surface area contributed by atoms with Gasteiger partial charge in [-0.2, -0.15) is 0 Å². The van der Waals surface area contributed by atoms with Crippen LogP contribution in [0.15, 0.2) is 78.8 Å². The number of amides is 2. The predicted molar refractivity (Wildman–Crippen MR) is 113 cm³/mol. The monoisotopic (exact) mass is 383 g/mol. The Morgan fingerprint density at radius 2 is 1.52 bits per heavy atom. The van der Waals surface area contributed by atoms with Gasteiger partial charge in [-0.3, -0.25) is 19.5 Å². The summed E-state index contributed by atoms with van der Waals surface area (Å²) >= 11 is 0. The lowest BCUT2D eigenvalue weighted by atomic mass is 10.0. The van der Waals surface area contributed by atoms with Crippen LogP contribution in [0.1, 0.15) is 22.3 Å². The number of rotatable bonds is 5. The number of benzene rings is 2. The molecule has 1 aromatic heterocycles. The van der Waals surface area contributed by atoms with E-state index >= 15 is 0 Å². The topological polar surface area (TPSA) is 62.3 Å². The van der Waals surface area contributed by atoms with E-state index in [1.54, 1.807) is 18.5 Å². The molecule has 0 bridgehead atoms. The minimum atomic E-state index is -0.338. The number of hydrogen-bond acceptors (Lipinski definition) is 4. The van der Waals surface area contributed by atoms with E-state index < -0.39 is 0 Å². The van der Waals surface area contributed by atoms with Gasteiger partial charge in [-0.05, 0) is 43.2 Å². The number of carbonyl (C=O) groups excluding carboxylic acids is 2. The van der Waals surface area contributed by atoms with Crippen LogP contribution in [-0.4, -0.2) is 21.7 Å². The van der Waals surface area contributed by atoms with Gasteiger partial charge in [-0.25, -0.2) is 0 Å². The molecule has 0 aliphatic carbocycles. The lowest BCUT2D eigenvalue weighted by Gasteiger charge is -2.15. The van der Waals surface area contributed by atoms with Crippen molar-refractivity contribution < 1.29 is 9.59 Å². The molecule has 1 N–H and O–H groups in total. The maximum atomic E-state index is 13.2. The molecule has 5 nitrogen and oxygen atoms in total. The molecule has 0 saturated carbocycles. The van der Waals surface area contributed by atoms with Gasteiger partial charge in [0.25, 0.3) is 11.8 Å². The zero-order valence-electron chi connectivity index (χ0n) is 16.3. The molecule has 3 aromatic rings. The number of pyridine rings is 1. The first-order valence-corrected chi connectivity index (χ1v) is 9.43. The molecule has 5 heteroatoms. The third-order valence-electron chi connectivity index (χ3n) is 4.89. The summed E-state index contributed by atoms with van der Waals surface area (Å²) in [4.78, 5) is 31.8. The molecule has 0 fully saturated rings. The van der Waals surface area contributed by atoms with Crippen molar-refractivity contribution in [1.29, 1.82) is 0 Å². The number of anilines is 1. The fourth-order valence-electron chi connectivity index (χ4n) is 3.28. The van der Waals surface area contributed by atoms with Gasteiger partial charge in [-0.1, -0.05) is 53.6 Å². The van der Waals surface area contributed by atoms with Crippen LogP contribution in [-0.2, 0) is 16.1 Å². The van der Waals surface area contributed by atoms with E-state index in [1.165, 1.54) is 4.90 Å². The van der Waals surface area contributed by atoms with E-state index in [0.29, 0.717) is 11.3 Å². The van der Waals surface area contributed by atoms with E-state index in [1.807, 2.05) is 68.4 Å². The highest BCUT2D eigenvalue weighted by atomic mass is 16.2. The summed E-state index contributed by atoms with van der Waals surface area (Å²) in [6.45, 7) is 4.17. The number of nitrogens with one attached hydrogen (secondary N) is 1. The Bertz CT molecular complexity index is 1090. The predicted octanol–water partition coefficient (Wildman–Crippen LogP) is 4.09. The van der Waals surface area contributed by atoms with Gasteiger partial charge in [0.05, 0.1) is 12.1 Å². The Balaban J connectivity index is 1.74. The van der Waals surface area contributed by atoms with E-state index in [2.05, 4.69) is 10.3 Å². The highest BCUT2D eigenvalue weighted by molar-refractivity contribution is 6.36.